The van der Waals surface area contributed by atoms with Crippen LogP contribution in [0.25, 0.3) is 0 Å². The molecule has 0 atom stereocenters. The monoisotopic (exact) mass is 228 g/mol. The fourth-order valence-corrected chi connectivity index (χ4v) is 2.53. The van der Waals surface area contributed by atoms with E-state index in [1.54, 1.807) is 0 Å². The molecule has 2 rings (SSSR count). The summed E-state index contributed by atoms with van der Waals surface area (Å²) in [6.07, 6.45) is 3.49. The summed E-state index contributed by atoms with van der Waals surface area (Å²) >= 11 is 4.23. The van der Waals surface area contributed by atoms with Crippen LogP contribution >= 0.6 is 12.6 Å². The molecule has 0 radical (unpaired) electrons. The van der Waals surface area contributed by atoms with Crippen molar-refractivity contribution in [3.8, 4) is 0 Å². The van der Waals surface area contributed by atoms with E-state index in [0.717, 1.165) is 51.3 Å². The van der Waals surface area contributed by atoms with Crippen molar-refractivity contribution in [2.75, 3.05) is 38.5 Å². The molecule has 86 valence electrons. The molecule has 1 heterocycles. The van der Waals surface area contributed by atoms with E-state index in [9.17, 15) is 4.79 Å². The molecule has 2 fully saturated rings. The summed E-state index contributed by atoms with van der Waals surface area (Å²) in [5.41, 5.74) is 0. The van der Waals surface area contributed by atoms with Crippen LogP contribution < -0.4 is 0 Å². The van der Waals surface area contributed by atoms with Gasteiger partial charge in [-0.1, -0.05) is 6.42 Å². The summed E-state index contributed by atoms with van der Waals surface area (Å²) in [7, 11) is 0. The zero-order chi connectivity index (χ0) is 10.7. The molecule has 2 aliphatic rings. The highest BCUT2D eigenvalue weighted by Crippen LogP contribution is 2.28. The van der Waals surface area contributed by atoms with Crippen molar-refractivity contribution in [1.82, 2.24) is 9.80 Å². The quantitative estimate of drug-likeness (QED) is 0.724. The van der Waals surface area contributed by atoms with Gasteiger partial charge < -0.3 is 4.90 Å². The molecule has 0 aromatic carbocycles. The van der Waals surface area contributed by atoms with Crippen LogP contribution in [-0.4, -0.2) is 54.2 Å². The Balaban J connectivity index is 1.74. The van der Waals surface area contributed by atoms with Gasteiger partial charge in [0.05, 0.1) is 0 Å². The molecular formula is C11H20N2OS. The van der Waals surface area contributed by atoms with Crippen LogP contribution in [-0.2, 0) is 4.79 Å². The standard InChI is InChI=1S/C11H20N2OS/c14-11(10-2-1-3-10)13-6-4-12(5-7-13)8-9-15/h10,15H,1-9H2. The van der Waals surface area contributed by atoms with Crippen molar-refractivity contribution in [3.63, 3.8) is 0 Å². The molecule has 1 saturated carbocycles. The van der Waals surface area contributed by atoms with E-state index in [4.69, 9.17) is 0 Å². The minimum Gasteiger partial charge on any atom is -0.340 e. The van der Waals surface area contributed by atoms with E-state index < -0.39 is 0 Å². The Morgan fingerprint density at radius 1 is 1.20 bits per heavy atom. The van der Waals surface area contributed by atoms with Gasteiger partial charge in [0.15, 0.2) is 0 Å². The van der Waals surface area contributed by atoms with E-state index in [2.05, 4.69) is 22.4 Å². The number of carbonyl (C=O) groups excluding carboxylic acids is 1. The zero-order valence-electron chi connectivity index (χ0n) is 9.19. The zero-order valence-corrected chi connectivity index (χ0v) is 10.1. The Morgan fingerprint density at radius 2 is 1.87 bits per heavy atom. The lowest BCUT2D eigenvalue weighted by Gasteiger charge is -2.38. The first-order valence-corrected chi connectivity index (χ1v) is 6.56. The van der Waals surface area contributed by atoms with Gasteiger partial charge in [0.1, 0.15) is 0 Å². The molecular weight excluding hydrogens is 208 g/mol. The summed E-state index contributed by atoms with van der Waals surface area (Å²) < 4.78 is 0. The Morgan fingerprint density at radius 3 is 2.33 bits per heavy atom. The van der Waals surface area contributed by atoms with Gasteiger partial charge in [0.25, 0.3) is 0 Å². The summed E-state index contributed by atoms with van der Waals surface area (Å²) in [6.45, 7) is 4.94. The van der Waals surface area contributed by atoms with Crippen LogP contribution in [0, 0.1) is 5.92 Å². The molecule has 0 aromatic rings. The Bertz CT molecular complexity index is 223. The lowest BCUT2D eigenvalue weighted by molar-refractivity contribution is -0.139. The highest BCUT2D eigenvalue weighted by Gasteiger charge is 2.30. The predicted octanol–water partition coefficient (Wildman–Crippen LogP) is 0.861. The summed E-state index contributed by atoms with van der Waals surface area (Å²) in [5, 5.41) is 0. The van der Waals surface area contributed by atoms with Gasteiger partial charge in [0, 0.05) is 44.4 Å². The fraction of sp³-hybridized carbons (Fsp3) is 0.909. The van der Waals surface area contributed by atoms with Crippen molar-refractivity contribution >= 4 is 18.5 Å². The fourth-order valence-electron chi connectivity index (χ4n) is 2.25. The largest absolute Gasteiger partial charge is 0.340 e. The average Bonchev–Trinajstić information content (AvgIpc) is 2.16. The Labute approximate surface area is 97.2 Å². The Kier molecular flexibility index (Phi) is 3.92. The van der Waals surface area contributed by atoms with Crippen molar-refractivity contribution < 1.29 is 4.79 Å². The number of carbonyl (C=O) groups is 1. The van der Waals surface area contributed by atoms with Crippen LogP contribution in [0.4, 0.5) is 0 Å². The maximum Gasteiger partial charge on any atom is 0.225 e. The van der Waals surface area contributed by atoms with Gasteiger partial charge in [-0.15, -0.1) is 0 Å². The van der Waals surface area contributed by atoms with Gasteiger partial charge in [-0.2, -0.15) is 12.6 Å². The first-order chi connectivity index (χ1) is 7.31. The van der Waals surface area contributed by atoms with Crippen LogP contribution in [0.15, 0.2) is 0 Å². The first kappa shape index (κ1) is 11.3. The van der Waals surface area contributed by atoms with E-state index in [1.807, 2.05) is 0 Å². The van der Waals surface area contributed by atoms with Gasteiger partial charge in [0.2, 0.25) is 5.91 Å². The van der Waals surface area contributed by atoms with E-state index >= 15 is 0 Å². The van der Waals surface area contributed by atoms with Crippen molar-refractivity contribution in [2.45, 2.75) is 19.3 Å². The van der Waals surface area contributed by atoms with Crippen LogP contribution in [0.2, 0.25) is 0 Å². The Hall–Kier alpha value is -0.220. The second-order valence-corrected chi connectivity index (χ2v) is 4.97. The minimum atomic E-state index is 0.362. The summed E-state index contributed by atoms with van der Waals surface area (Å²) in [6, 6.07) is 0. The first-order valence-electron chi connectivity index (χ1n) is 5.93. The lowest BCUT2D eigenvalue weighted by atomic mass is 9.84. The van der Waals surface area contributed by atoms with Crippen molar-refractivity contribution in [3.05, 3.63) is 0 Å². The number of thiol groups is 1. The highest BCUT2D eigenvalue weighted by atomic mass is 32.1. The number of piperazine rings is 1. The van der Waals surface area contributed by atoms with E-state index in [0.29, 0.717) is 11.8 Å². The summed E-state index contributed by atoms with van der Waals surface area (Å²) in [4.78, 5) is 16.4. The second-order valence-electron chi connectivity index (χ2n) is 4.52. The number of amides is 1. The molecule has 0 bridgehead atoms. The van der Waals surface area contributed by atoms with Gasteiger partial charge in [-0.25, -0.2) is 0 Å². The molecule has 3 nitrogen and oxygen atoms in total. The van der Waals surface area contributed by atoms with Gasteiger partial charge in [-0.3, -0.25) is 9.69 Å². The van der Waals surface area contributed by atoms with Gasteiger partial charge >= 0.3 is 0 Å². The van der Waals surface area contributed by atoms with Crippen molar-refractivity contribution in [1.29, 1.82) is 0 Å². The molecule has 1 saturated heterocycles. The van der Waals surface area contributed by atoms with Crippen LogP contribution in [0.1, 0.15) is 19.3 Å². The molecule has 0 spiro atoms. The average molecular weight is 228 g/mol. The maximum absolute atomic E-state index is 11.9. The van der Waals surface area contributed by atoms with Crippen LogP contribution in [0.3, 0.4) is 0 Å². The number of hydrogen-bond donors (Lipinski definition) is 1. The molecule has 1 aliphatic heterocycles. The summed E-state index contributed by atoms with van der Waals surface area (Å²) in [5.74, 6) is 1.68. The van der Waals surface area contributed by atoms with E-state index in [1.165, 1.54) is 6.42 Å². The molecule has 15 heavy (non-hydrogen) atoms. The highest BCUT2D eigenvalue weighted by molar-refractivity contribution is 7.80. The number of nitrogens with zero attached hydrogens (tertiary/aromatic N) is 2. The van der Waals surface area contributed by atoms with E-state index in [-0.39, 0.29) is 0 Å². The molecule has 0 aromatic heterocycles. The smallest absolute Gasteiger partial charge is 0.225 e. The van der Waals surface area contributed by atoms with Gasteiger partial charge in [-0.05, 0) is 12.8 Å². The second kappa shape index (κ2) is 5.21. The van der Waals surface area contributed by atoms with Crippen molar-refractivity contribution in [2.24, 2.45) is 5.92 Å². The third-order valence-electron chi connectivity index (χ3n) is 3.55. The molecule has 1 amide bonds. The topological polar surface area (TPSA) is 23.6 Å². The normalized spacial score (nSPS) is 23.9. The van der Waals surface area contributed by atoms with Crippen LogP contribution in [0.5, 0.6) is 0 Å². The molecule has 1 aliphatic carbocycles. The third kappa shape index (κ3) is 2.67. The maximum atomic E-state index is 11.9. The number of hydrogen-bond acceptors (Lipinski definition) is 3. The minimum absolute atomic E-state index is 0.362. The SMILES string of the molecule is O=C(C1CCC1)N1CCN(CCS)CC1. The molecule has 0 unspecified atom stereocenters. The molecule has 4 heteroatoms. The lowest BCUT2D eigenvalue weighted by Crippen LogP contribution is -2.51. The molecule has 0 N–H and O–H groups in total. The predicted molar refractivity (Wildman–Crippen MR) is 64.2 cm³/mol. The number of rotatable bonds is 3. The third-order valence-corrected chi connectivity index (χ3v) is 3.75.